The van der Waals surface area contributed by atoms with Crippen LogP contribution in [0.15, 0.2) is 46.9 Å². The Morgan fingerprint density at radius 2 is 1.90 bits per heavy atom. The minimum absolute atomic E-state index is 0.0635. The largest absolute Gasteiger partial charge is 0.475 e. The molecule has 2 aromatic carbocycles. The van der Waals surface area contributed by atoms with Crippen LogP contribution in [0.5, 0.6) is 0 Å². The molecule has 0 unspecified atom stereocenters. The molecule has 100 valence electrons. The fourth-order valence-corrected chi connectivity index (χ4v) is 3.31. The van der Waals surface area contributed by atoms with E-state index in [4.69, 9.17) is 16.0 Å². The summed E-state index contributed by atoms with van der Waals surface area (Å²) in [5.74, 6) is -1.15. The lowest BCUT2D eigenvalue weighted by Crippen LogP contribution is -1.95. The molecule has 0 spiro atoms. The molecule has 0 aliphatic heterocycles. The van der Waals surface area contributed by atoms with Crippen molar-refractivity contribution in [2.24, 2.45) is 0 Å². The van der Waals surface area contributed by atoms with Crippen LogP contribution in [0.3, 0.4) is 0 Å². The summed E-state index contributed by atoms with van der Waals surface area (Å²) in [5.41, 5.74) is 1.90. The highest BCUT2D eigenvalue weighted by Gasteiger charge is 2.22. The van der Waals surface area contributed by atoms with Gasteiger partial charge in [-0.3, -0.25) is 0 Å². The van der Waals surface area contributed by atoms with Crippen LogP contribution in [-0.2, 0) is 0 Å². The predicted octanol–water partition coefficient (Wildman–Crippen LogP) is 5.06. The Morgan fingerprint density at radius 1 is 1.20 bits per heavy atom. The molecule has 0 aliphatic rings. The zero-order valence-corrected chi connectivity index (χ0v) is 13.0. The molecule has 3 rings (SSSR count). The molecular weight excluding hydrogens is 391 g/mol. The predicted molar refractivity (Wildman–Crippen MR) is 86.3 cm³/mol. The van der Waals surface area contributed by atoms with Crippen LogP contribution in [-0.4, -0.2) is 11.1 Å². The summed E-state index contributed by atoms with van der Waals surface area (Å²) in [7, 11) is 0. The number of rotatable bonds is 2. The van der Waals surface area contributed by atoms with Gasteiger partial charge in [-0.05, 0) is 40.3 Å². The van der Waals surface area contributed by atoms with Crippen LogP contribution >= 0.6 is 34.2 Å². The number of aromatic carboxylic acids is 1. The fourth-order valence-electron chi connectivity index (χ4n) is 2.17. The first kappa shape index (κ1) is 13.5. The highest BCUT2D eigenvalue weighted by Crippen LogP contribution is 2.38. The molecule has 0 fully saturated rings. The van der Waals surface area contributed by atoms with Crippen LogP contribution in [0.25, 0.3) is 22.1 Å². The van der Waals surface area contributed by atoms with Gasteiger partial charge < -0.3 is 9.52 Å². The number of carbonyl (C=O) groups is 1. The topological polar surface area (TPSA) is 50.4 Å². The van der Waals surface area contributed by atoms with Crippen molar-refractivity contribution in [2.75, 3.05) is 0 Å². The van der Waals surface area contributed by atoms with Crippen molar-refractivity contribution in [2.45, 2.75) is 0 Å². The van der Waals surface area contributed by atoms with Crippen LogP contribution in [0, 0.1) is 3.57 Å². The molecule has 0 radical (unpaired) electrons. The third kappa shape index (κ3) is 2.19. The highest BCUT2D eigenvalue weighted by atomic mass is 127. The van der Waals surface area contributed by atoms with E-state index < -0.39 is 5.97 Å². The van der Waals surface area contributed by atoms with Gasteiger partial charge in [0.15, 0.2) is 0 Å². The molecule has 0 saturated carbocycles. The van der Waals surface area contributed by atoms with E-state index >= 15 is 0 Å². The van der Waals surface area contributed by atoms with Gasteiger partial charge in [0.05, 0.1) is 3.57 Å². The Balaban J connectivity index is 2.44. The molecule has 1 aromatic heterocycles. The molecule has 0 atom stereocenters. The van der Waals surface area contributed by atoms with E-state index in [0.717, 1.165) is 9.13 Å². The summed E-state index contributed by atoms with van der Waals surface area (Å²) in [4.78, 5) is 11.4. The van der Waals surface area contributed by atoms with Gasteiger partial charge in [0.1, 0.15) is 5.58 Å². The van der Waals surface area contributed by atoms with E-state index in [1.807, 2.05) is 30.3 Å². The summed E-state index contributed by atoms with van der Waals surface area (Å²) in [6.45, 7) is 0. The lowest BCUT2D eigenvalue weighted by Gasteiger charge is -2.00. The van der Waals surface area contributed by atoms with Crippen molar-refractivity contribution >= 4 is 51.1 Å². The van der Waals surface area contributed by atoms with Gasteiger partial charge >= 0.3 is 5.97 Å². The number of carboxylic acids is 1. The Labute approximate surface area is 133 Å². The van der Waals surface area contributed by atoms with Gasteiger partial charge in [0, 0.05) is 16.0 Å². The maximum atomic E-state index is 11.4. The molecule has 0 amide bonds. The third-order valence-corrected chi connectivity index (χ3v) is 3.99. The molecule has 5 heteroatoms. The van der Waals surface area contributed by atoms with Crippen molar-refractivity contribution in [3.05, 3.63) is 56.8 Å². The maximum absolute atomic E-state index is 11.4. The number of benzene rings is 2. The molecule has 1 N–H and O–H groups in total. The van der Waals surface area contributed by atoms with Crippen LogP contribution in [0.4, 0.5) is 0 Å². The minimum atomic E-state index is -1.09. The number of hydrogen-bond acceptors (Lipinski definition) is 2. The highest BCUT2D eigenvalue weighted by molar-refractivity contribution is 14.1. The van der Waals surface area contributed by atoms with Gasteiger partial charge in [0.2, 0.25) is 5.76 Å². The van der Waals surface area contributed by atoms with Crippen LogP contribution in [0.2, 0.25) is 5.02 Å². The summed E-state index contributed by atoms with van der Waals surface area (Å²) < 4.78 is 6.32. The average Bonchev–Trinajstić information content (AvgIpc) is 2.79. The normalized spacial score (nSPS) is 10.9. The second-order valence-electron chi connectivity index (χ2n) is 4.24. The standard InChI is InChI=1S/C15H8ClIO3/c16-9-6-10-12(8-4-2-1-3-5-8)14(15(18)19)20-13(10)11(17)7-9/h1-7H,(H,18,19). The first-order valence-corrected chi connectivity index (χ1v) is 7.24. The second-order valence-corrected chi connectivity index (χ2v) is 5.84. The van der Waals surface area contributed by atoms with Gasteiger partial charge in [0.25, 0.3) is 0 Å². The summed E-state index contributed by atoms with van der Waals surface area (Å²) >= 11 is 8.16. The number of fused-ring (bicyclic) bond motifs is 1. The number of halogens is 2. The zero-order chi connectivity index (χ0) is 14.3. The van der Waals surface area contributed by atoms with Gasteiger partial charge in [-0.15, -0.1) is 0 Å². The van der Waals surface area contributed by atoms with Crippen molar-refractivity contribution in [3.63, 3.8) is 0 Å². The maximum Gasteiger partial charge on any atom is 0.372 e. The van der Waals surface area contributed by atoms with Crippen molar-refractivity contribution in [1.29, 1.82) is 0 Å². The summed E-state index contributed by atoms with van der Waals surface area (Å²) in [6, 6.07) is 12.8. The van der Waals surface area contributed by atoms with Crippen LogP contribution < -0.4 is 0 Å². The van der Waals surface area contributed by atoms with Crippen molar-refractivity contribution in [3.8, 4) is 11.1 Å². The van der Waals surface area contributed by atoms with Gasteiger partial charge in [-0.2, -0.15) is 0 Å². The average molecular weight is 399 g/mol. The molecule has 0 saturated heterocycles. The SMILES string of the molecule is O=C(O)c1oc2c(I)cc(Cl)cc2c1-c1ccccc1. The molecule has 0 bridgehead atoms. The number of furan rings is 1. The Bertz CT molecular complexity index is 809. The van der Waals surface area contributed by atoms with Crippen molar-refractivity contribution in [1.82, 2.24) is 0 Å². The van der Waals surface area contributed by atoms with Gasteiger partial charge in [-0.1, -0.05) is 41.9 Å². The summed E-state index contributed by atoms with van der Waals surface area (Å²) in [6.07, 6.45) is 0. The number of carboxylic acid groups (broad SMARTS) is 1. The van der Waals surface area contributed by atoms with Gasteiger partial charge in [-0.25, -0.2) is 4.79 Å². The van der Waals surface area contributed by atoms with E-state index in [0.29, 0.717) is 21.6 Å². The molecule has 3 nitrogen and oxygen atoms in total. The van der Waals surface area contributed by atoms with E-state index in [1.54, 1.807) is 12.1 Å². The zero-order valence-electron chi connectivity index (χ0n) is 10.1. The molecular formula is C15H8ClIO3. The summed E-state index contributed by atoms with van der Waals surface area (Å²) in [5, 5.41) is 10.6. The van der Waals surface area contributed by atoms with E-state index in [9.17, 15) is 9.90 Å². The number of hydrogen-bond donors (Lipinski definition) is 1. The first-order chi connectivity index (χ1) is 9.58. The molecule has 0 aliphatic carbocycles. The molecule has 20 heavy (non-hydrogen) atoms. The minimum Gasteiger partial charge on any atom is -0.475 e. The van der Waals surface area contributed by atoms with E-state index in [1.165, 1.54) is 0 Å². The molecule has 1 heterocycles. The van der Waals surface area contributed by atoms with E-state index in [-0.39, 0.29) is 5.76 Å². The first-order valence-electron chi connectivity index (χ1n) is 5.78. The fraction of sp³-hybridized carbons (Fsp3) is 0. The Hall–Kier alpha value is -1.53. The Morgan fingerprint density at radius 3 is 2.55 bits per heavy atom. The smallest absolute Gasteiger partial charge is 0.372 e. The molecule has 3 aromatic rings. The quantitative estimate of drug-likeness (QED) is 0.614. The lowest BCUT2D eigenvalue weighted by atomic mass is 10.0. The van der Waals surface area contributed by atoms with E-state index in [2.05, 4.69) is 22.6 Å². The Kier molecular flexibility index (Phi) is 3.43. The monoisotopic (exact) mass is 398 g/mol. The lowest BCUT2D eigenvalue weighted by molar-refractivity contribution is 0.0666. The second kappa shape index (κ2) is 5.10. The van der Waals surface area contributed by atoms with Crippen molar-refractivity contribution < 1.29 is 14.3 Å². The van der Waals surface area contributed by atoms with Crippen LogP contribution in [0.1, 0.15) is 10.6 Å². The third-order valence-electron chi connectivity index (χ3n) is 2.97.